The fraction of sp³-hybridized carbons (Fsp3) is 0.550. The number of benzene rings is 1. The van der Waals surface area contributed by atoms with Gasteiger partial charge in [0, 0.05) is 12.1 Å². The summed E-state index contributed by atoms with van der Waals surface area (Å²) in [6.45, 7) is 6.93. The van der Waals surface area contributed by atoms with Gasteiger partial charge in [-0.15, -0.1) is 0 Å². The summed E-state index contributed by atoms with van der Waals surface area (Å²) in [5, 5.41) is 0. The number of rotatable bonds is 7. The van der Waals surface area contributed by atoms with Gasteiger partial charge in [0.05, 0.1) is 7.11 Å². The third-order valence-electron chi connectivity index (χ3n) is 4.58. The smallest absolute Gasteiger partial charge is 0.330 e. The van der Waals surface area contributed by atoms with Crippen molar-refractivity contribution >= 4 is 12.0 Å². The lowest BCUT2D eigenvalue weighted by Crippen LogP contribution is -2.40. The van der Waals surface area contributed by atoms with E-state index in [-0.39, 0.29) is 5.97 Å². The van der Waals surface area contributed by atoms with Gasteiger partial charge >= 0.3 is 5.97 Å². The minimum atomic E-state index is -0.308. The van der Waals surface area contributed by atoms with Gasteiger partial charge in [-0.05, 0) is 68.0 Å². The molecule has 23 heavy (non-hydrogen) atoms. The van der Waals surface area contributed by atoms with Crippen molar-refractivity contribution in [1.29, 1.82) is 0 Å². The van der Waals surface area contributed by atoms with Crippen molar-refractivity contribution in [1.82, 2.24) is 4.90 Å². The van der Waals surface area contributed by atoms with E-state index in [9.17, 15) is 4.79 Å². The van der Waals surface area contributed by atoms with Crippen LogP contribution in [-0.2, 0) is 22.4 Å². The second kappa shape index (κ2) is 8.88. The Morgan fingerprint density at radius 1 is 1.26 bits per heavy atom. The molecule has 0 spiro atoms. The van der Waals surface area contributed by atoms with Crippen molar-refractivity contribution in [3.8, 4) is 0 Å². The van der Waals surface area contributed by atoms with Crippen LogP contribution in [0, 0.1) is 0 Å². The van der Waals surface area contributed by atoms with E-state index in [1.807, 2.05) is 6.08 Å². The molecule has 1 atom stereocenters. The number of ether oxygens (including phenoxy) is 1. The number of aryl methyl sites for hydroxylation is 1. The van der Waals surface area contributed by atoms with Crippen LogP contribution in [0.5, 0.6) is 0 Å². The normalized spacial score (nSPS) is 17.5. The highest BCUT2D eigenvalue weighted by atomic mass is 16.5. The van der Waals surface area contributed by atoms with Gasteiger partial charge < -0.3 is 9.64 Å². The molecule has 3 nitrogen and oxygen atoms in total. The van der Waals surface area contributed by atoms with Gasteiger partial charge in [-0.25, -0.2) is 4.79 Å². The Hall–Kier alpha value is -1.61. The molecule has 0 amide bonds. The molecule has 1 aliphatic rings. The molecule has 1 aliphatic carbocycles. The Bertz CT molecular complexity index is 545. The highest BCUT2D eigenvalue weighted by Crippen LogP contribution is 2.26. The molecular formula is C20H29NO2. The molecule has 2 rings (SSSR count). The zero-order valence-corrected chi connectivity index (χ0v) is 14.7. The molecular weight excluding hydrogens is 286 g/mol. The molecule has 3 heteroatoms. The molecule has 0 radical (unpaired) electrons. The van der Waals surface area contributed by atoms with Crippen LogP contribution in [0.4, 0.5) is 0 Å². The monoisotopic (exact) mass is 315 g/mol. The molecule has 0 aromatic heterocycles. The van der Waals surface area contributed by atoms with Crippen LogP contribution >= 0.6 is 0 Å². The summed E-state index contributed by atoms with van der Waals surface area (Å²) < 4.78 is 4.64. The predicted molar refractivity (Wildman–Crippen MR) is 95.5 cm³/mol. The molecule has 1 unspecified atom stereocenters. The van der Waals surface area contributed by atoms with Crippen molar-refractivity contribution in [3.05, 3.63) is 41.0 Å². The summed E-state index contributed by atoms with van der Waals surface area (Å²) in [5.74, 6) is -0.308. The molecule has 1 aromatic rings. The van der Waals surface area contributed by atoms with Crippen LogP contribution in [0.25, 0.3) is 6.08 Å². The maximum atomic E-state index is 11.2. The summed E-state index contributed by atoms with van der Waals surface area (Å²) in [6, 6.07) is 7.23. The Balaban J connectivity index is 2.07. The van der Waals surface area contributed by atoms with Crippen LogP contribution < -0.4 is 0 Å². The van der Waals surface area contributed by atoms with Gasteiger partial charge in [-0.1, -0.05) is 32.0 Å². The molecule has 0 fully saturated rings. The lowest BCUT2D eigenvalue weighted by molar-refractivity contribution is -0.134. The third kappa shape index (κ3) is 4.93. The number of carbonyl (C=O) groups is 1. The van der Waals surface area contributed by atoms with Gasteiger partial charge in [-0.3, -0.25) is 0 Å². The SMILES string of the molecule is CCCN(CCC)C1CCc2cc(/C=C/C(=O)OC)ccc2C1. The van der Waals surface area contributed by atoms with Crippen molar-refractivity contribution in [3.63, 3.8) is 0 Å². The minimum absolute atomic E-state index is 0.308. The first kappa shape index (κ1) is 17.7. The topological polar surface area (TPSA) is 29.5 Å². The zero-order chi connectivity index (χ0) is 16.7. The van der Waals surface area contributed by atoms with E-state index in [2.05, 4.69) is 41.7 Å². The summed E-state index contributed by atoms with van der Waals surface area (Å²) in [5.41, 5.74) is 3.97. The van der Waals surface area contributed by atoms with Gasteiger partial charge in [0.25, 0.3) is 0 Å². The zero-order valence-electron chi connectivity index (χ0n) is 14.7. The van der Waals surface area contributed by atoms with Crippen molar-refractivity contribution in [2.45, 2.75) is 52.0 Å². The molecule has 126 valence electrons. The fourth-order valence-corrected chi connectivity index (χ4v) is 3.45. The lowest BCUT2D eigenvalue weighted by Gasteiger charge is -2.35. The molecule has 0 aliphatic heterocycles. The Morgan fingerprint density at radius 3 is 2.65 bits per heavy atom. The van der Waals surface area contributed by atoms with E-state index in [1.165, 1.54) is 56.7 Å². The second-order valence-electron chi connectivity index (χ2n) is 6.32. The van der Waals surface area contributed by atoms with E-state index in [1.54, 1.807) is 0 Å². The minimum Gasteiger partial charge on any atom is -0.466 e. The number of methoxy groups -OCH3 is 1. The van der Waals surface area contributed by atoms with Crippen LogP contribution in [-0.4, -0.2) is 37.1 Å². The number of hydrogen-bond acceptors (Lipinski definition) is 3. The van der Waals surface area contributed by atoms with E-state index < -0.39 is 0 Å². The van der Waals surface area contributed by atoms with Gasteiger partial charge in [0.1, 0.15) is 0 Å². The van der Waals surface area contributed by atoms with Crippen molar-refractivity contribution in [2.75, 3.05) is 20.2 Å². The molecule has 0 bridgehead atoms. The number of fused-ring (bicyclic) bond motifs is 1. The molecule has 1 aromatic carbocycles. The highest BCUT2D eigenvalue weighted by molar-refractivity contribution is 5.86. The Labute approximate surface area is 140 Å². The van der Waals surface area contributed by atoms with E-state index in [0.717, 1.165) is 18.4 Å². The average Bonchev–Trinajstić information content (AvgIpc) is 2.58. The van der Waals surface area contributed by atoms with Gasteiger partial charge in [-0.2, -0.15) is 0 Å². The summed E-state index contributed by atoms with van der Waals surface area (Å²) in [7, 11) is 1.40. The first-order valence-electron chi connectivity index (χ1n) is 8.79. The first-order valence-corrected chi connectivity index (χ1v) is 8.79. The molecule has 0 heterocycles. The van der Waals surface area contributed by atoms with E-state index >= 15 is 0 Å². The summed E-state index contributed by atoms with van der Waals surface area (Å²) >= 11 is 0. The number of nitrogens with zero attached hydrogens (tertiary/aromatic N) is 1. The van der Waals surface area contributed by atoms with Crippen LogP contribution in [0.3, 0.4) is 0 Å². The van der Waals surface area contributed by atoms with Gasteiger partial charge in [0.2, 0.25) is 0 Å². The highest BCUT2D eigenvalue weighted by Gasteiger charge is 2.23. The lowest BCUT2D eigenvalue weighted by atomic mass is 9.86. The molecule has 0 N–H and O–H groups in total. The number of hydrogen-bond donors (Lipinski definition) is 0. The van der Waals surface area contributed by atoms with Crippen LogP contribution in [0.15, 0.2) is 24.3 Å². The average molecular weight is 315 g/mol. The summed E-state index contributed by atoms with van der Waals surface area (Å²) in [6.07, 6.45) is 9.27. The third-order valence-corrected chi connectivity index (χ3v) is 4.58. The van der Waals surface area contributed by atoms with Crippen molar-refractivity contribution in [2.24, 2.45) is 0 Å². The second-order valence-corrected chi connectivity index (χ2v) is 6.32. The maximum Gasteiger partial charge on any atom is 0.330 e. The maximum absolute atomic E-state index is 11.2. The first-order chi connectivity index (χ1) is 11.2. The number of carbonyl (C=O) groups excluding carboxylic acids is 1. The van der Waals surface area contributed by atoms with E-state index in [0.29, 0.717) is 6.04 Å². The van der Waals surface area contributed by atoms with Crippen molar-refractivity contribution < 1.29 is 9.53 Å². The quantitative estimate of drug-likeness (QED) is 0.565. The standard InChI is InChI=1S/C20H29NO2/c1-4-12-21(13-5-2)19-10-9-17-14-16(6-8-18(17)15-19)7-11-20(22)23-3/h6-8,11,14,19H,4-5,9-10,12-13,15H2,1-3H3/b11-7+. The Kier molecular flexibility index (Phi) is 6.85. The Morgan fingerprint density at radius 2 is 2.00 bits per heavy atom. The largest absolute Gasteiger partial charge is 0.466 e. The van der Waals surface area contributed by atoms with E-state index in [4.69, 9.17) is 0 Å². The fourth-order valence-electron chi connectivity index (χ4n) is 3.45. The predicted octanol–water partition coefficient (Wildman–Crippen LogP) is 3.85. The number of esters is 1. The molecule has 0 saturated carbocycles. The van der Waals surface area contributed by atoms with Crippen LogP contribution in [0.1, 0.15) is 49.8 Å². The van der Waals surface area contributed by atoms with Crippen LogP contribution in [0.2, 0.25) is 0 Å². The van der Waals surface area contributed by atoms with Gasteiger partial charge in [0.15, 0.2) is 0 Å². The summed E-state index contributed by atoms with van der Waals surface area (Å²) in [4.78, 5) is 13.9. The molecule has 0 saturated heterocycles.